The Kier molecular flexibility index (Phi) is 3.90. The van der Waals surface area contributed by atoms with Crippen molar-refractivity contribution >= 4 is 6.08 Å². The van der Waals surface area contributed by atoms with Gasteiger partial charge in [0.25, 0.3) is 0 Å². The summed E-state index contributed by atoms with van der Waals surface area (Å²) < 4.78 is 12.9. The monoisotopic (exact) mass is 242 g/mol. The number of hydrogen-bond acceptors (Lipinski definition) is 1. The Morgan fingerprint density at radius 3 is 2.44 bits per heavy atom. The average molecular weight is 242 g/mol. The molecule has 18 heavy (non-hydrogen) atoms. The molecule has 0 saturated heterocycles. The van der Waals surface area contributed by atoms with Gasteiger partial charge in [0.2, 0.25) is 0 Å². The van der Waals surface area contributed by atoms with Crippen molar-refractivity contribution in [3.05, 3.63) is 66.0 Å². The topological polar surface area (TPSA) is 20.2 Å². The van der Waals surface area contributed by atoms with E-state index in [4.69, 9.17) is 0 Å². The third-order valence-corrected chi connectivity index (χ3v) is 2.63. The first-order valence-corrected chi connectivity index (χ1v) is 5.87. The summed E-state index contributed by atoms with van der Waals surface area (Å²) in [7, 11) is 0. The maximum Gasteiger partial charge on any atom is 0.123 e. The quantitative estimate of drug-likeness (QED) is 0.865. The molecule has 0 aliphatic carbocycles. The molecular formula is C16H15FO. The van der Waals surface area contributed by atoms with Crippen molar-refractivity contribution in [1.82, 2.24) is 0 Å². The first kappa shape index (κ1) is 12.5. The highest BCUT2D eigenvalue weighted by Gasteiger charge is 1.98. The molecule has 1 N–H and O–H groups in total. The smallest absolute Gasteiger partial charge is 0.123 e. The molecular weight excluding hydrogens is 227 g/mol. The number of rotatable bonds is 3. The van der Waals surface area contributed by atoms with Gasteiger partial charge in [-0.3, -0.25) is 0 Å². The van der Waals surface area contributed by atoms with E-state index in [1.54, 1.807) is 25.1 Å². The van der Waals surface area contributed by atoms with Gasteiger partial charge in [0.1, 0.15) is 5.82 Å². The van der Waals surface area contributed by atoms with E-state index in [-0.39, 0.29) is 5.82 Å². The van der Waals surface area contributed by atoms with Gasteiger partial charge in [-0.1, -0.05) is 42.5 Å². The van der Waals surface area contributed by atoms with Gasteiger partial charge in [-0.25, -0.2) is 4.39 Å². The second kappa shape index (κ2) is 5.61. The maximum atomic E-state index is 12.9. The van der Waals surface area contributed by atoms with E-state index in [1.165, 1.54) is 12.1 Å². The summed E-state index contributed by atoms with van der Waals surface area (Å²) in [5, 5.41) is 9.20. The summed E-state index contributed by atoms with van der Waals surface area (Å²) >= 11 is 0. The molecule has 2 aromatic carbocycles. The summed E-state index contributed by atoms with van der Waals surface area (Å²) in [6, 6.07) is 14.3. The minimum atomic E-state index is -0.459. The predicted molar refractivity (Wildman–Crippen MR) is 72.6 cm³/mol. The van der Waals surface area contributed by atoms with Crippen LogP contribution < -0.4 is 0 Å². The Morgan fingerprint density at radius 1 is 1.06 bits per heavy atom. The second-order valence-corrected chi connectivity index (χ2v) is 4.23. The maximum absolute atomic E-state index is 12.9. The Labute approximate surface area is 106 Å². The Balaban J connectivity index is 2.29. The zero-order valence-electron chi connectivity index (χ0n) is 10.2. The first-order chi connectivity index (χ1) is 8.65. The van der Waals surface area contributed by atoms with Crippen molar-refractivity contribution in [3.8, 4) is 11.1 Å². The predicted octanol–water partition coefficient (Wildman–Crippen LogP) is 3.89. The lowest BCUT2D eigenvalue weighted by atomic mass is 10.0. The molecule has 0 spiro atoms. The van der Waals surface area contributed by atoms with Crippen molar-refractivity contribution in [2.24, 2.45) is 0 Å². The van der Waals surface area contributed by atoms with Gasteiger partial charge in [-0.05, 0) is 41.8 Å². The molecule has 1 nitrogen and oxygen atoms in total. The fourth-order valence-corrected chi connectivity index (χ4v) is 1.71. The summed E-state index contributed by atoms with van der Waals surface area (Å²) in [4.78, 5) is 0. The Morgan fingerprint density at radius 2 is 1.78 bits per heavy atom. The Hall–Kier alpha value is -1.93. The van der Waals surface area contributed by atoms with Gasteiger partial charge >= 0.3 is 0 Å². The molecule has 0 aromatic heterocycles. The molecule has 0 radical (unpaired) electrons. The van der Waals surface area contributed by atoms with Crippen LogP contribution in [-0.2, 0) is 0 Å². The summed E-state index contributed by atoms with van der Waals surface area (Å²) in [6.07, 6.45) is 3.14. The molecule has 2 heteroatoms. The molecule has 2 rings (SSSR count). The molecule has 1 atom stereocenters. The van der Waals surface area contributed by atoms with E-state index in [1.807, 2.05) is 30.3 Å². The van der Waals surface area contributed by atoms with E-state index in [2.05, 4.69) is 0 Å². The largest absolute Gasteiger partial charge is 0.389 e. The van der Waals surface area contributed by atoms with Gasteiger partial charge in [0.05, 0.1) is 6.10 Å². The lowest BCUT2D eigenvalue weighted by Crippen LogP contribution is -1.91. The number of hydrogen-bond donors (Lipinski definition) is 1. The first-order valence-electron chi connectivity index (χ1n) is 5.87. The van der Waals surface area contributed by atoms with Gasteiger partial charge in [0, 0.05) is 0 Å². The standard InChI is InChI=1S/C16H15FO/c1-12(18)5-6-13-3-2-4-15(11-13)14-7-9-16(17)10-8-14/h2-12,18H,1H3. The highest BCUT2D eigenvalue weighted by molar-refractivity contribution is 5.67. The summed E-state index contributed by atoms with van der Waals surface area (Å²) in [5.41, 5.74) is 3.02. The van der Waals surface area contributed by atoms with E-state index < -0.39 is 6.10 Å². The molecule has 0 heterocycles. The molecule has 0 bridgehead atoms. The minimum absolute atomic E-state index is 0.232. The molecule has 0 saturated carbocycles. The molecule has 0 fully saturated rings. The molecule has 0 aliphatic rings. The van der Waals surface area contributed by atoms with Crippen LogP contribution in [0.2, 0.25) is 0 Å². The van der Waals surface area contributed by atoms with Gasteiger partial charge in [0.15, 0.2) is 0 Å². The van der Waals surface area contributed by atoms with Crippen molar-refractivity contribution in [2.75, 3.05) is 0 Å². The minimum Gasteiger partial charge on any atom is -0.389 e. The molecule has 0 amide bonds. The number of aliphatic hydroxyl groups is 1. The van der Waals surface area contributed by atoms with Gasteiger partial charge < -0.3 is 5.11 Å². The van der Waals surface area contributed by atoms with E-state index in [0.717, 1.165) is 16.7 Å². The fourth-order valence-electron chi connectivity index (χ4n) is 1.71. The Bertz CT molecular complexity index is 541. The third-order valence-electron chi connectivity index (χ3n) is 2.63. The van der Waals surface area contributed by atoms with E-state index in [9.17, 15) is 9.50 Å². The number of aliphatic hydroxyl groups excluding tert-OH is 1. The van der Waals surface area contributed by atoms with Crippen LogP contribution in [0.1, 0.15) is 12.5 Å². The zero-order valence-corrected chi connectivity index (χ0v) is 10.2. The average Bonchev–Trinajstić information content (AvgIpc) is 2.37. The van der Waals surface area contributed by atoms with Gasteiger partial charge in [-0.2, -0.15) is 0 Å². The van der Waals surface area contributed by atoms with Crippen molar-refractivity contribution in [3.63, 3.8) is 0 Å². The van der Waals surface area contributed by atoms with Crippen LogP contribution in [0.25, 0.3) is 17.2 Å². The van der Waals surface area contributed by atoms with Crippen LogP contribution in [0.3, 0.4) is 0 Å². The molecule has 0 aliphatic heterocycles. The highest BCUT2D eigenvalue weighted by atomic mass is 19.1. The number of halogens is 1. The SMILES string of the molecule is CC(O)C=Cc1cccc(-c2ccc(F)cc2)c1. The van der Waals surface area contributed by atoms with Crippen LogP contribution in [-0.4, -0.2) is 11.2 Å². The van der Waals surface area contributed by atoms with Crippen molar-refractivity contribution in [1.29, 1.82) is 0 Å². The van der Waals surface area contributed by atoms with E-state index in [0.29, 0.717) is 0 Å². The van der Waals surface area contributed by atoms with Crippen molar-refractivity contribution in [2.45, 2.75) is 13.0 Å². The molecule has 2 aromatic rings. The van der Waals surface area contributed by atoms with Crippen LogP contribution in [0.4, 0.5) is 4.39 Å². The normalized spacial score (nSPS) is 12.8. The van der Waals surface area contributed by atoms with E-state index >= 15 is 0 Å². The third kappa shape index (κ3) is 3.28. The second-order valence-electron chi connectivity index (χ2n) is 4.23. The van der Waals surface area contributed by atoms with Crippen LogP contribution >= 0.6 is 0 Å². The molecule has 92 valence electrons. The highest BCUT2D eigenvalue weighted by Crippen LogP contribution is 2.21. The van der Waals surface area contributed by atoms with Crippen LogP contribution in [0.15, 0.2) is 54.6 Å². The lowest BCUT2D eigenvalue weighted by molar-refractivity contribution is 0.245. The number of benzene rings is 2. The fraction of sp³-hybridized carbons (Fsp3) is 0.125. The van der Waals surface area contributed by atoms with Crippen LogP contribution in [0, 0.1) is 5.82 Å². The van der Waals surface area contributed by atoms with Crippen molar-refractivity contribution < 1.29 is 9.50 Å². The summed E-state index contributed by atoms with van der Waals surface area (Å²) in [5.74, 6) is -0.232. The lowest BCUT2D eigenvalue weighted by Gasteiger charge is -2.03. The van der Waals surface area contributed by atoms with Gasteiger partial charge in [-0.15, -0.1) is 0 Å². The van der Waals surface area contributed by atoms with Crippen LogP contribution in [0.5, 0.6) is 0 Å². The zero-order chi connectivity index (χ0) is 13.0. The summed E-state index contributed by atoms with van der Waals surface area (Å²) in [6.45, 7) is 1.71. The molecule has 1 unspecified atom stereocenters.